The van der Waals surface area contributed by atoms with Crippen LogP contribution in [0.5, 0.6) is 0 Å². The number of ketones is 2. The third-order valence-corrected chi connectivity index (χ3v) is 10.7. The molecule has 1 aromatic rings. The Morgan fingerprint density at radius 1 is 1.30 bits per heavy atom. The van der Waals surface area contributed by atoms with Gasteiger partial charge in [0.2, 0.25) is 0 Å². The molecule has 1 aromatic heterocycles. The lowest BCUT2D eigenvalue weighted by atomic mass is 9.46. The van der Waals surface area contributed by atoms with Crippen LogP contribution >= 0.6 is 11.8 Å². The summed E-state index contributed by atoms with van der Waals surface area (Å²) in [4.78, 5) is 37.5. The van der Waals surface area contributed by atoms with Gasteiger partial charge in [-0.15, -0.1) is 0 Å². The largest absolute Gasteiger partial charge is 0.472 e. The molecule has 3 fully saturated rings. The first-order valence-electron chi connectivity index (χ1n) is 13.3. The molecule has 0 radical (unpaired) electrons. The number of allylic oxidation sites excluding steroid dienone is 4. The van der Waals surface area contributed by atoms with Crippen LogP contribution in [0.4, 0.5) is 0 Å². The zero-order valence-corrected chi connectivity index (χ0v) is 22.6. The van der Waals surface area contributed by atoms with E-state index in [1.54, 1.807) is 24.7 Å². The molecule has 8 atom stereocenters. The second-order valence-electron chi connectivity index (χ2n) is 12.0. The number of carbonyl (C=O) groups excluding carboxylic acids is 3. The standard InChI is InChI=1S/C29H37NO6S/c1-17(31)37-16-25(34)26-19(14-30(35)13-18-7-9-36-15-18)10-23-22-5-4-20-11-21(32)6-8-28(20,2)27(22)24(33)12-29(23,26)3/h6-9,11,15,19,22-24,26-27,33,35H,4-5,10,12-14,16H2,1-3H3/t19-,22-,23-,24-,26+,27+,28-,29-/m0/s1. The van der Waals surface area contributed by atoms with Crippen molar-refractivity contribution in [1.82, 2.24) is 5.06 Å². The SMILES string of the molecule is CC(=O)SCC(=O)[C@H]1[C@H](CN(O)Cc2ccoc2)C[C@H]2[C@@H]3CCC4=CC(=O)C=C[C@]4(C)[C@H]3[C@@H](O)C[C@@]21C. The van der Waals surface area contributed by atoms with Gasteiger partial charge in [0, 0.05) is 36.3 Å². The Hall–Kier alpha value is -2.00. The molecular formula is C29H37NO6S. The number of hydrogen-bond donors (Lipinski definition) is 2. The Balaban J connectivity index is 1.45. The van der Waals surface area contributed by atoms with Crippen LogP contribution in [-0.2, 0) is 20.9 Å². The molecule has 0 unspecified atom stereocenters. The summed E-state index contributed by atoms with van der Waals surface area (Å²) in [7, 11) is 0. The Kier molecular flexibility index (Phi) is 7.15. The fourth-order valence-electron chi connectivity index (χ4n) is 8.51. The van der Waals surface area contributed by atoms with Crippen LogP contribution in [0.2, 0.25) is 0 Å². The van der Waals surface area contributed by atoms with Gasteiger partial charge in [0.1, 0.15) is 5.78 Å². The average molecular weight is 528 g/mol. The van der Waals surface area contributed by atoms with Crippen LogP contribution in [0.15, 0.2) is 46.8 Å². The summed E-state index contributed by atoms with van der Waals surface area (Å²) in [5, 5.41) is 23.7. The molecule has 7 nitrogen and oxygen atoms in total. The Bertz CT molecular complexity index is 1130. The lowest BCUT2D eigenvalue weighted by Crippen LogP contribution is -2.56. The Morgan fingerprint density at radius 3 is 2.78 bits per heavy atom. The van der Waals surface area contributed by atoms with Crippen molar-refractivity contribution in [1.29, 1.82) is 0 Å². The van der Waals surface area contributed by atoms with Crippen molar-refractivity contribution in [3.05, 3.63) is 48.0 Å². The Labute approximate surface area is 222 Å². The van der Waals surface area contributed by atoms with Gasteiger partial charge in [0.15, 0.2) is 10.9 Å². The van der Waals surface area contributed by atoms with Crippen LogP contribution in [0.25, 0.3) is 0 Å². The van der Waals surface area contributed by atoms with Gasteiger partial charge in [-0.3, -0.25) is 14.4 Å². The van der Waals surface area contributed by atoms with E-state index < -0.39 is 11.5 Å². The van der Waals surface area contributed by atoms with Crippen LogP contribution in [0.1, 0.15) is 52.0 Å². The molecule has 0 aromatic carbocycles. The van der Waals surface area contributed by atoms with Gasteiger partial charge in [-0.1, -0.05) is 37.3 Å². The van der Waals surface area contributed by atoms with E-state index >= 15 is 0 Å². The van der Waals surface area contributed by atoms with E-state index in [0.717, 1.165) is 42.2 Å². The van der Waals surface area contributed by atoms with Gasteiger partial charge in [0.25, 0.3) is 0 Å². The quantitative estimate of drug-likeness (QED) is 0.501. The first-order chi connectivity index (χ1) is 17.5. The van der Waals surface area contributed by atoms with E-state index in [1.807, 2.05) is 12.1 Å². The van der Waals surface area contributed by atoms with Crippen molar-refractivity contribution in [2.75, 3.05) is 12.3 Å². The number of rotatable bonds is 7. The van der Waals surface area contributed by atoms with Crippen molar-refractivity contribution in [2.24, 2.45) is 40.4 Å². The predicted molar refractivity (Wildman–Crippen MR) is 139 cm³/mol. The highest BCUT2D eigenvalue weighted by molar-refractivity contribution is 8.14. The molecule has 37 heavy (non-hydrogen) atoms. The van der Waals surface area contributed by atoms with E-state index in [-0.39, 0.29) is 57.4 Å². The average Bonchev–Trinajstić information content (AvgIpc) is 3.42. The second kappa shape index (κ2) is 9.95. The molecule has 5 rings (SSSR count). The number of hydrogen-bond acceptors (Lipinski definition) is 8. The van der Waals surface area contributed by atoms with E-state index in [4.69, 9.17) is 4.42 Å². The predicted octanol–water partition coefficient (Wildman–Crippen LogP) is 4.44. The van der Waals surface area contributed by atoms with Crippen LogP contribution in [-0.4, -0.2) is 50.5 Å². The zero-order valence-electron chi connectivity index (χ0n) is 21.8. The van der Waals surface area contributed by atoms with Gasteiger partial charge in [-0.2, -0.15) is 5.06 Å². The molecule has 0 spiro atoms. The highest BCUT2D eigenvalue weighted by Crippen LogP contribution is 2.67. The minimum Gasteiger partial charge on any atom is -0.472 e. The van der Waals surface area contributed by atoms with E-state index in [0.29, 0.717) is 19.5 Å². The number of furan rings is 1. The fraction of sp³-hybridized carbons (Fsp3) is 0.621. The van der Waals surface area contributed by atoms with Crippen molar-refractivity contribution in [3.63, 3.8) is 0 Å². The first-order valence-corrected chi connectivity index (χ1v) is 14.2. The maximum atomic E-state index is 13.7. The number of carbonyl (C=O) groups is 3. The second-order valence-corrected chi connectivity index (χ2v) is 13.2. The van der Waals surface area contributed by atoms with Crippen LogP contribution < -0.4 is 0 Å². The summed E-state index contributed by atoms with van der Waals surface area (Å²) < 4.78 is 5.14. The third-order valence-electron chi connectivity index (χ3n) is 9.82. The molecule has 4 aliphatic rings. The molecular weight excluding hydrogens is 490 g/mol. The van der Waals surface area contributed by atoms with Gasteiger partial charge in [0.05, 0.1) is 30.9 Å². The number of aliphatic hydroxyl groups excluding tert-OH is 1. The van der Waals surface area contributed by atoms with Crippen LogP contribution in [0.3, 0.4) is 0 Å². The van der Waals surface area contributed by atoms with Gasteiger partial charge in [-0.05, 0) is 67.1 Å². The molecule has 0 amide bonds. The molecule has 0 saturated heterocycles. The number of thioether (sulfide) groups is 1. The maximum Gasteiger partial charge on any atom is 0.186 e. The van der Waals surface area contributed by atoms with Crippen molar-refractivity contribution in [2.45, 2.75) is 59.1 Å². The normalized spacial score (nSPS) is 38.6. The van der Waals surface area contributed by atoms with Crippen molar-refractivity contribution in [3.8, 4) is 0 Å². The topological polar surface area (TPSA) is 108 Å². The van der Waals surface area contributed by atoms with Gasteiger partial charge in [-0.25, -0.2) is 0 Å². The third kappa shape index (κ3) is 4.71. The number of aliphatic hydroxyl groups is 1. The van der Waals surface area contributed by atoms with Gasteiger partial charge >= 0.3 is 0 Å². The molecule has 200 valence electrons. The zero-order chi connectivity index (χ0) is 26.5. The number of nitrogens with zero attached hydrogens (tertiary/aromatic N) is 1. The molecule has 2 N–H and O–H groups in total. The molecule has 3 saturated carbocycles. The Morgan fingerprint density at radius 2 is 2.08 bits per heavy atom. The summed E-state index contributed by atoms with van der Waals surface area (Å²) in [6, 6.07) is 1.81. The highest BCUT2D eigenvalue weighted by Gasteiger charge is 2.64. The van der Waals surface area contributed by atoms with Crippen LogP contribution in [0, 0.1) is 40.4 Å². The molecule has 0 aliphatic heterocycles. The molecule has 4 aliphatic carbocycles. The molecule has 8 heteroatoms. The number of fused-ring (bicyclic) bond motifs is 5. The highest BCUT2D eigenvalue weighted by atomic mass is 32.2. The van der Waals surface area contributed by atoms with E-state index in [9.17, 15) is 24.7 Å². The first kappa shape index (κ1) is 26.6. The van der Waals surface area contributed by atoms with Gasteiger partial charge < -0.3 is 14.7 Å². The molecule has 0 bridgehead atoms. The summed E-state index contributed by atoms with van der Waals surface area (Å²) in [5.41, 5.74) is 1.16. The molecule has 1 heterocycles. The smallest absolute Gasteiger partial charge is 0.186 e. The minimum absolute atomic E-state index is 0.0104. The summed E-state index contributed by atoms with van der Waals surface area (Å²) in [5.74, 6) is 0.0977. The van der Waals surface area contributed by atoms with Crippen molar-refractivity contribution < 1.29 is 29.1 Å². The maximum absolute atomic E-state index is 13.7. The van der Waals surface area contributed by atoms with E-state index in [2.05, 4.69) is 13.8 Å². The fourth-order valence-corrected chi connectivity index (χ4v) is 9.03. The minimum atomic E-state index is -0.608. The lowest BCUT2D eigenvalue weighted by molar-refractivity contribution is -0.142. The summed E-state index contributed by atoms with van der Waals surface area (Å²) in [6.45, 7) is 6.40. The summed E-state index contributed by atoms with van der Waals surface area (Å²) in [6.07, 6.45) is 10.9. The number of Topliss-reactive ketones (excluding diaryl/α,β-unsaturated/α-hetero) is 1. The summed E-state index contributed by atoms with van der Waals surface area (Å²) >= 11 is 1.04. The van der Waals surface area contributed by atoms with E-state index in [1.165, 1.54) is 12.0 Å². The van der Waals surface area contributed by atoms with Crippen molar-refractivity contribution >= 4 is 28.4 Å². The monoisotopic (exact) mass is 527 g/mol. The lowest BCUT2D eigenvalue weighted by Gasteiger charge is -2.58. The number of hydroxylamine groups is 2.